The number of hydrogen-bond acceptors (Lipinski definition) is 3. The fourth-order valence-corrected chi connectivity index (χ4v) is 6.63. The second-order valence-electron chi connectivity index (χ2n) is 9.98. The molecule has 2 aromatic rings. The third-order valence-corrected chi connectivity index (χ3v) is 8.23. The van der Waals surface area contributed by atoms with E-state index in [0.717, 1.165) is 37.9 Å². The summed E-state index contributed by atoms with van der Waals surface area (Å²) >= 11 is 0. The Balaban J connectivity index is 1.37. The summed E-state index contributed by atoms with van der Waals surface area (Å²) in [6, 6.07) is 19.2. The molecule has 0 saturated heterocycles. The monoisotopic (exact) mass is 399 g/mol. The lowest BCUT2D eigenvalue weighted by molar-refractivity contribution is -0.133. The van der Waals surface area contributed by atoms with Gasteiger partial charge in [0.1, 0.15) is 17.8 Å². The predicted octanol–water partition coefficient (Wildman–Crippen LogP) is 5.83. The van der Waals surface area contributed by atoms with Crippen LogP contribution in [0.25, 0.3) is 0 Å². The van der Waals surface area contributed by atoms with Gasteiger partial charge in [0.05, 0.1) is 6.07 Å². The van der Waals surface area contributed by atoms with Crippen LogP contribution >= 0.6 is 0 Å². The summed E-state index contributed by atoms with van der Waals surface area (Å²) in [7, 11) is 0. The average molecular weight is 400 g/mol. The molecule has 0 aromatic heterocycles. The minimum absolute atomic E-state index is 0.191. The number of nitrogens with zero attached hydrogens (tertiary/aromatic N) is 1. The first kappa shape index (κ1) is 19.4. The smallest absolute Gasteiger partial charge is 0.158 e. The average Bonchev–Trinajstić information content (AvgIpc) is 2.99. The van der Waals surface area contributed by atoms with Crippen molar-refractivity contribution in [1.29, 1.82) is 5.26 Å². The lowest BCUT2D eigenvalue weighted by atomic mass is 9.55. The highest BCUT2D eigenvalue weighted by Gasteiger charge is 2.62. The number of carbonyl (C=O) groups excluding carboxylic acids is 1. The van der Waals surface area contributed by atoms with Crippen LogP contribution in [-0.4, -0.2) is 5.78 Å². The Bertz CT molecular complexity index is 1020. The van der Waals surface area contributed by atoms with Crippen molar-refractivity contribution in [3.63, 3.8) is 0 Å². The SMILES string of the molecule is CC1(C#N)C[C@H]2[C@@H]3CCc4cc(OCc5ccccc5)ccc4[C@H]3CC[C@]2(C)C1=O. The molecule has 154 valence electrons. The number of rotatable bonds is 3. The molecule has 2 saturated carbocycles. The molecule has 2 aromatic carbocycles. The van der Waals surface area contributed by atoms with Crippen molar-refractivity contribution in [2.45, 2.75) is 58.5 Å². The second-order valence-corrected chi connectivity index (χ2v) is 9.98. The Morgan fingerprint density at radius 3 is 2.70 bits per heavy atom. The fourth-order valence-electron chi connectivity index (χ4n) is 6.63. The lowest BCUT2D eigenvalue weighted by Crippen LogP contribution is -2.43. The largest absolute Gasteiger partial charge is 0.489 e. The molecule has 0 heterocycles. The van der Waals surface area contributed by atoms with E-state index in [4.69, 9.17) is 4.74 Å². The van der Waals surface area contributed by atoms with Crippen molar-refractivity contribution in [2.24, 2.45) is 22.7 Å². The van der Waals surface area contributed by atoms with E-state index in [9.17, 15) is 10.1 Å². The van der Waals surface area contributed by atoms with Gasteiger partial charge in [-0.3, -0.25) is 4.79 Å². The summed E-state index contributed by atoms with van der Waals surface area (Å²) in [5.74, 6) is 2.46. The molecule has 0 aliphatic heterocycles. The molecule has 5 rings (SSSR count). The van der Waals surface area contributed by atoms with Crippen LogP contribution in [0.2, 0.25) is 0 Å². The van der Waals surface area contributed by atoms with Crippen molar-refractivity contribution in [3.8, 4) is 11.8 Å². The molecule has 1 unspecified atom stereocenters. The van der Waals surface area contributed by atoms with Crippen LogP contribution in [0, 0.1) is 34.0 Å². The summed E-state index contributed by atoms with van der Waals surface area (Å²) in [5, 5.41) is 9.69. The van der Waals surface area contributed by atoms with Crippen LogP contribution in [0.3, 0.4) is 0 Å². The van der Waals surface area contributed by atoms with Gasteiger partial charge in [0.15, 0.2) is 5.78 Å². The fraction of sp³-hybridized carbons (Fsp3) is 0.481. The molecule has 0 radical (unpaired) electrons. The van der Waals surface area contributed by atoms with Gasteiger partial charge in [-0.25, -0.2) is 0 Å². The third-order valence-electron chi connectivity index (χ3n) is 8.23. The number of nitriles is 1. The number of Topliss-reactive ketones (excluding diaryl/α,β-unsaturated/α-hetero) is 1. The standard InChI is InChI=1S/C27H29NO2/c1-26(17-28)15-24-23-10-8-19-14-20(30-16-18-6-4-3-5-7-18)9-11-21(19)22(23)12-13-27(24,2)25(26)29/h3-7,9,11,14,22-24H,8,10,12-13,15-16H2,1-2H3/t22-,23-,24+,26?,27+/m1/s1. The Hall–Kier alpha value is -2.60. The molecule has 30 heavy (non-hydrogen) atoms. The van der Waals surface area contributed by atoms with Crippen molar-refractivity contribution in [3.05, 3.63) is 65.2 Å². The molecule has 3 aliphatic rings. The normalized spacial score (nSPS) is 34.4. The molecule has 3 heteroatoms. The number of aryl methyl sites for hydroxylation is 1. The van der Waals surface area contributed by atoms with Crippen LogP contribution in [-0.2, 0) is 17.8 Å². The van der Waals surface area contributed by atoms with E-state index < -0.39 is 5.41 Å². The van der Waals surface area contributed by atoms with Gasteiger partial charge in [-0.2, -0.15) is 5.26 Å². The Labute approximate surface area is 179 Å². The number of ether oxygens (including phenoxy) is 1. The highest BCUT2D eigenvalue weighted by atomic mass is 16.5. The quantitative estimate of drug-likeness (QED) is 0.652. The van der Waals surface area contributed by atoms with Gasteiger partial charge in [0.25, 0.3) is 0 Å². The number of ketones is 1. The molecule has 0 amide bonds. The zero-order chi connectivity index (χ0) is 20.9. The van der Waals surface area contributed by atoms with Crippen LogP contribution in [0.1, 0.15) is 62.1 Å². The van der Waals surface area contributed by atoms with Crippen LogP contribution in [0.4, 0.5) is 0 Å². The van der Waals surface area contributed by atoms with E-state index in [2.05, 4.69) is 43.3 Å². The van der Waals surface area contributed by atoms with Crippen LogP contribution < -0.4 is 4.74 Å². The first-order chi connectivity index (χ1) is 14.4. The Kier molecular flexibility index (Phi) is 4.51. The highest BCUT2D eigenvalue weighted by Crippen LogP contribution is 2.63. The summed E-state index contributed by atoms with van der Waals surface area (Å²) in [5.41, 5.74) is 2.90. The zero-order valence-electron chi connectivity index (χ0n) is 17.9. The van der Waals surface area contributed by atoms with Crippen molar-refractivity contribution >= 4 is 5.78 Å². The van der Waals surface area contributed by atoms with Crippen LogP contribution in [0.5, 0.6) is 5.75 Å². The summed E-state index contributed by atoms with van der Waals surface area (Å²) in [6.45, 7) is 4.58. The minimum Gasteiger partial charge on any atom is -0.489 e. The van der Waals surface area contributed by atoms with E-state index >= 15 is 0 Å². The molecular weight excluding hydrogens is 370 g/mol. The number of fused-ring (bicyclic) bond motifs is 5. The van der Waals surface area contributed by atoms with Crippen molar-refractivity contribution in [2.75, 3.05) is 0 Å². The highest BCUT2D eigenvalue weighted by molar-refractivity contribution is 5.94. The molecule has 0 N–H and O–H groups in total. The Morgan fingerprint density at radius 1 is 1.13 bits per heavy atom. The summed E-state index contributed by atoms with van der Waals surface area (Å²) < 4.78 is 6.05. The van der Waals surface area contributed by atoms with E-state index in [-0.39, 0.29) is 11.2 Å². The second kappa shape index (κ2) is 6.98. The summed E-state index contributed by atoms with van der Waals surface area (Å²) in [4.78, 5) is 13.1. The van der Waals surface area contributed by atoms with Gasteiger partial charge in [0.2, 0.25) is 0 Å². The molecule has 3 aliphatic carbocycles. The minimum atomic E-state index is -0.802. The summed E-state index contributed by atoms with van der Waals surface area (Å²) in [6.07, 6.45) is 4.81. The maximum absolute atomic E-state index is 13.1. The molecule has 3 nitrogen and oxygen atoms in total. The first-order valence-corrected chi connectivity index (χ1v) is 11.2. The van der Waals surface area contributed by atoms with Crippen LogP contribution in [0.15, 0.2) is 48.5 Å². The van der Waals surface area contributed by atoms with E-state index in [1.54, 1.807) is 0 Å². The predicted molar refractivity (Wildman–Crippen MR) is 116 cm³/mol. The topological polar surface area (TPSA) is 50.1 Å². The van der Waals surface area contributed by atoms with Gasteiger partial charge in [-0.1, -0.05) is 43.3 Å². The molecule has 0 bridgehead atoms. The third kappa shape index (κ3) is 2.88. The zero-order valence-corrected chi connectivity index (χ0v) is 17.9. The van der Waals surface area contributed by atoms with Gasteiger partial charge < -0.3 is 4.74 Å². The van der Waals surface area contributed by atoms with E-state index in [1.807, 2.05) is 25.1 Å². The number of benzene rings is 2. The number of carbonyl (C=O) groups is 1. The number of hydrogen-bond donors (Lipinski definition) is 0. The van der Waals surface area contributed by atoms with Gasteiger partial charge >= 0.3 is 0 Å². The van der Waals surface area contributed by atoms with Crippen molar-refractivity contribution in [1.82, 2.24) is 0 Å². The molecule has 5 atom stereocenters. The van der Waals surface area contributed by atoms with Gasteiger partial charge in [0, 0.05) is 5.41 Å². The van der Waals surface area contributed by atoms with Gasteiger partial charge in [-0.05, 0) is 85.6 Å². The maximum Gasteiger partial charge on any atom is 0.158 e. The Morgan fingerprint density at radius 2 is 1.93 bits per heavy atom. The lowest BCUT2D eigenvalue weighted by Gasteiger charge is -2.48. The van der Waals surface area contributed by atoms with E-state index in [0.29, 0.717) is 24.4 Å². The molecule has 2 fully saturated rings. The van der Waals surface area contributed by atoms with Gasteiger partial charge in [-0.15, -0.1) is 0 Å². The molecular formula is C27H29NO2. The van der Waals surface area contributed by atoms with Crippen molar-refractivity contribution < 1.29 is 9.53 Å². The maximum atomic E-state index is 13.1. The molecule has 0 spiro atoms. The first-order valence-electron chi connectivity index (χ1n) is 11.2. The van der Waals surface area contributed by atoms with E-state index in [1.165, 1.54) is 16.7 Å².